The van der Waals surface area contributed by atoms with Crippen molar-refractivity contribution in [1.29, 1.82) is 0 Å². The number of aryl methyl sites for hydroxylation is 1. The zero-order valence-electron chi connectivity index (χ0n) is 11.4. The SMILES string of the molecule is CCCn1cc(N)c(=O)n(CC(=O)OC(C)C)c1=O. The lowest BCUT2D eigenvalue weighted by atomic mass is 10.4. The van der Waals surface area contributed by atoms with E-state index in [9.17, 15) is 14.4 Å². The maximum absolute atomic E-state index is 12.0. The van der Waals surface area contributed by atoms with Gasteiger partial charge in [0.15, 0.2) is 0 Å². The Bertz CT molecular complexity index is 571. The normalized spacial score (nSPS) is 10.7. The second-order valence-electron chi connectivity index (χ2n) is 4.49. The van der Waals surface area contributed by atoms with Crippen LogP contribution in [0.4, 0.5) is 5.69 Å². The lowest BCUT2D eigenvalue weighted by molar-refractivity contribution is -0.148. The van der Waals surface area contributed by atoms with Crippen molar-refractivity contribution in [3.8, 4) is 0 Å². The van der Waals surface area contributed by atoms with Crippen molar-refractivity contribution >= 4 is 11.7 Å². The second-order valence-corrected chi connectivity index (χ2v) is 4.49. The average molecular weight is 269 g/mol. The highest BCUT2D eigenvalue weighted by molar-refractivity contribution is 5.69. The molecule has 0 aliphatic carbocycles. The molecule has 19 heavy (non-hydrogen) atoms. The molecule has 106 valence electrons. The summed E-state index contributed by atoms with van der Waals surface area (Å²) >= 11 is 0. The topological polar surface area (TPSA) is 96.3 Å². The first-order valence-electron chi connectivity index (χ1n) is 6.16. The fraction of sp³-hybridized carbons (Fsp3) is 0.583. The highest BCUT2D eigenvalue weighted by atomic mass is 16.5. The van der Waals surface area contributed by atoms with E-state index in [-0.39, 0.29) is 11.8 Å². The molecule has 0 radical (unpaired) electrons. The van der Waals surface area contributed by atoms with Gasteiger partial charge in [-0.05, 0) is 20.3 Å². The van der Waals surface area contributed by atoms with Crippen LogP contribution in [0.1, 0.15) is 27.2 Å². The zero-order chi connectivity index (χ0) is 14.6. The highest BCUT2D eigenvalue weighted by Crippen LogP contribution is 1.94. The molecule has 0 amide bonds. The molecule has 1 aromatic rings. The Morgan fingerprint density at radius 1 is 1.42 bits per heavy atom. The van der Waals surface area contributed by atoms with Gasteiger partial charge in [0.25, 0.3) is 5.56 Å². The molecule has 1 aromatic heterocycles. The Balaban J connectivity index is 3.16. The molecule has 0 atom stereocenters. The van der Waals surface area contributed by atoms with Crippen LogP contribution in [-0.4, -0.2) is 21.2 Å². The van der Waals surface area contributed by atoms with Crippen molar-refractivity contribution in [2.45, 2.75) is 46.4 Å². The van der Waals surface area contributed by atoms with Crippen LogP contribution < -0.4 is 17.0 Å². The molecule has 7 heteroatoms. The monoisotopic (exact) mass is 269 g/mol. The first-order chi connectivity index (χ1) is 8.86. The first-order valence-corrected chi connectivity index (χ1v) is 6.16. The number of rotatable bonds is 5. The van der Waals surface area contributed by atoms with Crippen molar-refractivity contribution in [2.24, 2.45) is 0 Å². The van der Waals surface area contributed by atoms with E-state index in [1.54, 1.807) is 13.8 Å². The molecule has 0 aromatic carbocycles. The zero-order valence-corrected chi connectivity index (χ0v) is 11.4. The Hall–Kier alpha value is -2.05. The molecule has 0 saturated heterocycles. The maximum atomic E-state index is 12.0. The van der Waals surface area contributed by atoms with Gasteiger partial charge in [0.05, 0.1) is 6.10 Å². The number of ether oxygens (including phenoxy) is 1. The molecule has 0 saturated carbocycles. The third-order valence-electron chi connectivity index (χ3n) is 2.38. The summed E-state index contributed by atoms with van der Waals surface area (Å²) in [6, 6.07) is 0. The smallest absolute Gasteiger partial charge is 0.331 e. The first kappa shape index (κ1) is 15.0. The molecule has 0 spiro atoms. The Kier molecular flexibility index (Phi) is 4.91. The summed E-state index contributed by atoms with van der Waals surface area (Å²) in [7, 11) is 0. The van der Waals surface area contributed by atoms with E-state index in [0.29, 0.717) is 13.0 Å². The van der Waals surface area contributed by atoms with Gasteiger partial charge in [-0.25, -0.2) is 9.36 Å². The van der Waals surface area contributed by atoms with Crippen molar-refractivity contribution < 1.29 is 9.53 Å². The average Bonchev–Trinajstić information content (AvgIpc) is 2.31. The van der Waals surface area contributed by atoms with E-state index in [1.165, 1.54) is 10.8 Å². The maximum Gasteiger partial charge on any atom is 0.331 e. The van der Waals surface area contributed by atoms with Crippen molar-refractivity contribution in [2.75, 3.05) is 5.73 Å². The van der Waals surface area contributed by atoms with Gasteiger partial charge in [-0.3, -0.25) is 14.2 Å². The number of nitrogen functional groups attached to an aromatic ring is 1. The van der Waals surface area contributed by atoms with Crippen LogP contribution in [0.5, 0.6) is 0 Å². The molecule has 1 heterocycles. The third-order valence-corrected chi connectivity index (χ3v) is 2.38. The van der Waals surface area contributed by atoms with Crippen molar-refractivity contribution in [1.82, 2.24) is 9.13 Å². The van der Waals surface area contributed by atoms with Crippen LogP contribution in [0, 0.1) is 0 Å². The number of aromatic nitrogens is 2. The van der Waals surface area contributed by atoms with Gasteiger partial charge in [-0.15, -0.1) is 0 Å². The number of nitrogens with two attached hydrogens (primary N) is 1. The van der Waals surface area contributed by atoms with Gasteiger partial charge in [-0.1, -0.05) is 6.92 Å². The molecule has 0 bridgehead atoms. The minimum Gasteiger partial charge on any atom is -0.462 e. The Labute approximate surface area is 110 Å². The molecular formula is C12H19N3O4. The molecule has 0 aliphatic heterocycles. The highest BCUT2D eigenvalue weighted by Gasteiger charge is 2.14. The van der Waals surface area contributed by atoms with Gasteiger partial charge in [0, 0.05) is 12.7 Å². The number of hydrogen-bond donors (Lipinski definition) is 1. The quantitative estimate of drug-likeness (QED) is 0.756. The van der Waals surface area contributed by atoms with Crippen LogP contribution in [0.25, 0.3) is 0 Å². The van der Waals surface area contributed by atoms with E-state index in [0.717, 1.165) is 4.57 Å². The van der Waals surface area contributed by atoms with E-state index >= 15 is 0 Å². The summed E-state index contributed by atoms with van der Waals surface area (Å²) in [4.78, 5) is 35.3. The van der Waals surface area contributed by atoms with E-state index < -0.39 is 23.8 Å². The molecule has 0 fully saturated rings. The van der Waals surface area contributed by atoms with Gasteiger partial charge in [0.2, 0.25) is 0 Å². The number of carbonyl (C=O) groups is 1. The third kappa shape index (κ3) is 3.70. The molecule has 7 nitrogen and oxygen atoms in total. The number of nitrogens with zero attached hydrogens (tertiary/aromatic N) is 2. The molecule has 2 N–H and O–H groups in total. The van der Waals surface area contributed by atoms with Crippen LogP contribution in [0.2, 0.25) is 0 Å². The predicted octanol–water partition coefficient (Wildman–Crippen LogP) is -0.0462. The van der Waals surface area contributed by atoms with Gasteiger partial charge in [-0.2, -0.15) is 0 Å². The van der Waals surface area contributed by atoms with E-state index in [4.69, 9.17) is 10.5 Å². The fourth-order valence-corrected chi connectivity index (χ4v) is 1.65. The molecule has 0 unspecified atom stereocenters. The number of hydrogen-bond acceptors (Lipinski definition) is 5. The van der Waals surface area contributed by atoms with Crippen LogP contribution in [0.15, 0.2) is 15.8 Å². The lowest BCUT2D eigenvalue weighted by Crippen LogP contribution is -2.42. The summed E-state index contributed by atoms with van der Waals surface area (Å²) in [6.07, 6.45) is 1.72. The van der Waals surface area contributed by atoms with Gasteiger partial charge < -0.3 is 10.5 Å². The molecule has 1 rings (SSSR count). The number of carbonyl (C=O) groups excluding carboxylic acids is 1. The van der Waals surface area contributed by atoms with Crippen molar-refractivity contribution in [3.05, 3.63) is 27.0 Å². The minimum absolute atomic E-state index is 0.0644. The van der Waals surface area contributed by atoms with Crippen molar-refractivity contribution in [3.63, 3.8) is 0 Å². The van der Waals surface area contributed by atoms with Crippen LogP contribution >= 0.6 is 0 Å². The Morgan fingerprint density at radius 3 is 2.58 bits per heavy atom. The number of esters is 1. The van der Waals surface area contributed by atoms with Crippen LogP contribution in [0.3, 0.4) is 0 Å². The van der Waals surface area contributed by atoms with Gasteiger partial charge >= 0.3 is 11.7 Å². The summed E-state index contributed by atoms with van der Waals surface area (Å²) in [5.41, 5.74) is 4.27. The summed E-state index contributed by atoms with van der Waals surface area (Å²) in [6.45, 7) is 5.28. The van der Waals surface area contributed by atoms with Crippen LogP contribution in [-0.2, 0) is 22.6 Å². The minimum atomic E-state index is -0.668. The predicted molar refractivity (Wildman–Crippen MR) is 70.9 cm³/mol. The molecular weight excluding hydrogens is 250 g/mol. The summed E-state index contributed by atoms with van der Waals surface area (Å²) in [5.74, 6) is -0.636. The molecule has 0 aliphatic rings. The number of anilines is 1. The van der Waals surface area contributed by atoms with Gasteiger partial charge in [0.1, 0.15) is 12.2 Å². The lowest BCUT2D eigenvalue weighted by Gasteiger charge is -2.12. The standard InChI is InChI=1S/C12H19N3O4/c1-4-5-14-6-9(13)11(17)15(12(14)18)7-10(16)19-8(2)3/h6,8H,4-5,7,13H2,1-3H3. The summed E-state index contributed by atoms with van der Waals surface area (Å²) in [5, 5.41) is 0. The largest absolute Gasteiger partial charge is 0.462 e. The van der Waals surface area contributed by atoms with E-state index in [2.05, 4.69) is 0 Å². The second kappa shape index (κ2) is 6.21. The fourth-order valence-electron chi connectivity index (χ4n) is 1.65. The Morgan fingerprint density at radius 2 is 2.05 bits per heavy atom. The summed E-state index contributed by atoms with van der Waals surface area (Å²) < 4.78 is 7.04. The van der Waals surface area contributed by atoms with E-state index in [1.807, 2.05) is 6.92 Å².